The average molecular weight is 380 g/mol. The Balaban J connectivity index is 1.52. The van der Waals surface area contributed by atoms with Crippen molar-refractivity contribution in [3.05, 3.63) is 60.2 Å². The largest absolute Gasteiger partial charge is 0.490 e. The molecule has 0 saturated heterocycles. The summed E-state index contributed by atoms with van der Waals surface area (Å²) in [4.78, 5) is 12.6. The zero-order valence-electron chi connectivity index (χ0n) is 16.4. The van der Waals surface area contributed by atoms with Gasteiger partial charge in [0.05, 0.1) is 5.56 Å². The number of hydrogen-bond donors (Lipinski definition) is 1. The highest BCUT2D eigenvalue weighted by Gasteiger charge is 2.17. The van der Waals surface area contributed by atoms with Gasteiger partial charge in [-0.3, -0.25) is 4.79 Å². The van der Waals surface area contributed by atoms with Crippen LogP contribution in [0.3, 0.4) is 0 Å². The summed E-state index contributed by atoms with van der Waals surface area (Å²) in [5.74, 6) is 1.55. The number of para-hydroxylation sites is 2. The van der Waals surface area contributed by atoms with Gasteiger partial charge in [0, 0.05) is 5.71 Å². The van der Waals surface area contributed by atoms with Crippen molar-refractivity contribution in [2.75, 3.05) is 13.2 Å². The number of hydrogen-bond acceptors (Lipinski definition) is 4. The van der Waals surface area contributed by atoms with Gasteiger partial charge in [0.1, 0.15) is 24.7 Å². The molecule has 1 aliphatic carbocycles. The Morgan fingerprint density at radius 1 is 0.964 bits per heavy atom. The van der Waals surface area contributed by atoms with Crippen molar-refractivity contribution in [1.29, 1.82) is 0 Å². The predicted molar refractivity (Wildman–Crippen MR) is 111 cm³/mol. The van der Waals surface area contributed by atoms with Crippen molar-refractivity contribution >= 4 is 11.6 Å². The molecule has 2 aromatic rings. The molecule has 0 unspecified atom stereocenters. The summed E-state index contributed by atoms with van der Waals surface area (Å²) in [5, 5.41) is 4.34. The monoisotopic (exact) mass is 380 g/mol. The summed E-state index contributed by atoms with van der Waals surface area (Å²) in [6.07, 6.45) is 6.11. The van der Waals surface area contributed by atoms with Gasteiger partial charge >= 0.3 is 0 Å². The van der Waals surface area contributed by atoms with Crippen LogP contribution in [0, 0.1) is 5.92 Å². The zero-order chi connectivity index (χ0) is 19.6. The molecule has 5 nitrogen and oxygen atoms in total. The molecule has 0 heterocycles. The predicted octanol–water partition coefficient (Wildman–Crippen LogP) is 4.83. The lowest BCUT2D eigenvalue weighted by Crippen LogP contribution is -2.23. The molecule has 0 atom stereocenters. The number of hydrazone groups is 1. The highest BCUT2D eigenvalue weighted by Crippen LogP contribution is 2.24. The molecule has 1 N–H and O–H groups in total. The van der Waals surface area contributed by atoms with Crippen LogP contribution in [0.4, 0.5) is 0 Å². The van der Waals surface area contributed by atoms with Crippen LogP contribution in [0.15, 0.2) is 59.7 Å². The van der Waals surface area contributed by atoms with Gasteiger partial charge < -0.3 is 9.47 Å². The third kappa shape index (κ3) is 5.84. The third-order valence-corrected chi connectivity index (χ3v) is 5.01. The van der Waals surface area contributed by atoms with Crippen LogP contribution in [0.25, 0.3) is 0 Å². The first kappa shape index (κ1) is 19.9. The van der Waals surface area contributed by atoms with Crippen LogP contribution in [-0.2, 0) is 0 Å². The SMILES string of the molecule is C/C(=N/NC(=O)c1ccccc1OCCOc1ccccc1)C1CCCCC1. The zero-order valence-corrected chi connectivity index (χ0v) is 16.4. The van der Waals surface area contributed by atoms with E-state index in [2.05, 4.69) is 10.5 Å². The topological polar surface area (TPSA) is 59.9 Å². The van der Waals surface area contributed by atoms with Gasteiger partial charge in [-0.25, -0.2) is 5.43 Å². The van der Waals surface area contributed by atoms with Gasteiger partial charge in [-0.15, -0.1) is 0 Å². The number of benzene rings is 2. The van der Waals surface area contributed by atoms with Crippen LogP contribution in [-0.4, -0.2) is 24.8 Å². The molecule has 1 fully saturated rings. The first-order chi connectivity index (χ1) is 13.7. The van der Waals surface area contributed by atoms with E-state index < -0.39 is 0 Å². The fraction of sp³-hybridized carbons (Fsp3) is 0.391. The normalized spacial score (nSPS) is 15.1. The van der Waals surface area contributed by atoms with Crippen molar-refractivity contribution in [3.8, 4) is 11.5 Å². The van der Waals surface area contributed by atoms with E-state index in [1.165, 1.54) is 19.3 Å². The van der Waals surface area contributed by atoms with E-state index in [1.807, 2.05) is 49.4 Å². The van der Waals surface area contributed by atoms with Gasteiger partial charge in [-0.05, 0) is 49.9 Å². The van der Waals surface area contributed by atoms with E-state index in [0.717, 1.165) is 24.3 Å². The number of amides is 1. The molecule has 0 bridgehead atoms. The fourth-order valence-corrected chi connectivity index (χ4v) is 3.42. The summed E-state index contributed by atoms with van der Waals surface area (Å²) in [6, 6.07) is 16.8. The van der Waals surface area contributed by atoms with Crippen molar-refractivity contribution in [2.45, 2.75) is 39.0 Å². The van der Waals surface area contributed by atoms with E-state index in [0.29, 0.717) is 30.4 Å². The molecular formula is C23H28N2O3. The van der Waals surface area contributed by atoms with E-state index in [9.17, 15) is 4.79 Å². The van der Waals surface area contributed by atoms with E-state index in [-0.39, 0.29) is 5.91 Å². The van der Waals surface area contributed by atoms with Gasteiger partial charge in [0.2, 0.25) is 0 Å². The second-order valence-electron chi connectivity index (χ2n) is 7.04. The highest BCUT2D eigenvalue weighted by molar-refractivity contribution is 5.97. The number of ether oxygens (including phenoxy) is 2. The maximum absolute atomic E-state index is 12.6. The molecule has 1 amide bonds. The maximum Gasteiger partial charge on any atom is 0.275 e. The van der Waals surface area contributed by atoms with Crippen LogP contribution in [0.2, 0.25) is 0 Å². The smallest absolute Gasteiger partial charge is 0.275 e. The summed E-state index contributed by atoms with van der Waals surface area (Å²) in [7, 11) is 0. The van der Waals surface area contributed by atoms with Crippen molar-refractivity contribution in [3.63, 3.8) is 0 Å². The first-order valence-corrected chi connectivity index (χ1v) is 9.98. The number of nitrogens with one attached hydrogen (secondary N) is 1. The molecule has 28 heavy (non-hydrogen) atoms. The lowest BCUT2D eigenvalue weighted by Gasteiger charge is -2.21. The molecule has 0 spiro atoms. The number of carbonyl (C=O) groups excluding carboxylic acids is 1. The Hall–Kier alpha value is -2.82. The maximum atomic E-state index is 12.6. The minimum Gasteiger partial charge on any atom is -0.490 e. The molecule has 3 rings (SSSR count). The van der Waals surface area contributed by atoms with E-state index >= 15 is 0 Å². The van der Waals surface area contributed by atoms with Crippen LogP contribution in [0.1, 0.15) is 49.4 Å². The molecule has 0 radical (unpaired) electrons. The summed E-state index contributed by atoms with van der Waals surface area (Å²) in [5.41, 5.74) is 4.17. The second kappa shape index (κ2) is 10.5. The summed E-state index contributed by atoms with van der Waals surface area (Å²) >= 11 is 0. The van der Waals surface area contributed by atoms with Crippen LogP contribution >= 0.6 is 0 Å². The van der Waals surface area contributed by atoms with Gasteiger partial charge in [0.15, 0.2) is 0 Å². The standard InChI is InChI=1S/C23H28N2O3/c1-18(19-10-4-2-5-11-19)24-25-23(26)21-14-8-9-15-22(21)28-17-16-27-20-12-6-3-7-13-20/h3,6-9,12-15,19H,2,4-5,10-11,16-17H2,1H3,(H,25,26)/b24-18-. The molecule has 0 aromatic heterocycles. The molecule has 2 aromatic carbocycles. The molecule has 5 heteroatoms. The van der Waals surface area contributed by atoms with E-state index in [4.69, 9.17) is 9.47 Å². The number of carbonyl (C=O) groups is 1. The third-order valence-electron chi connectivity index (χ3n) is 5.01. The van der Waals surface area contributed by atoms with E-state index in [1.54, 1.807) is 12.1 Å². The molecule has 1 aliphatic rings. The minimum atomic E-state index is -0.255. The Kier molecular flexibility index (Phi) is 7.47. The molecular weight excluding hydrogens is 352 g/mol. The van der Waals surface area contributed by atoms with Gasteiger partial charge in [-0.2, -0.15) is 5.10 Å². The van der Waals surface area contributed by atoms with Crippen LogP contribution < -0.4 is 14.9 Å². The van der Waals surface area contributed by atoms with Crippen LogP contribution in [0.5, 0.6) is 11.5 Å². The Morgan fingerprint density at radius 2 is 1.64 bits per heavy atom. The number of nitrogens with zero attached hydrogens (tertiary/aromatic N) is 1. The first-order valence-electron chi connectivity index (χ1n) is 9.98. The Labute approximate surface area is 166 Å². The Morgan fingerprint density at radius 3 is 2.43 bits per heavy atom. The fourth-order valence-electron chi connectivity index (χ4n) is 3.42. The minimum absolute atomic E-state index is 0.255. The molecule has 1 saturated carbocycles. The van der Waals surface area contributed by atoms with Gasteiger partial charge in [-0.1, -0.05) is 49.6 Å². The summed E-state index contributed by atoms with van der Waals surface area (Å²) < 4.78 is 11.4. The Bertz CT molecular complexity index is 783. The van der Waals surface area contributed by atoms with Gasteiger partial charge in [0.25, 0.3) is 5.91 Å². The second-order valence-corrected chi connectivity index (χ2v) is 7.04. The highest BCUT2D eigenvalue weighted by atomic mass is 16.5. The lowest BCUT2D eigenvalue weighted by molar-refractivity contribution is 0.0949. The van der Waals surface area contributed by atoms with Crippen molar-refractivity contribution in [1.82, 2.24) is 5.43 Å². The quantitative estimate of drug-likeness (QED) is 0.405. The lowest BCUT2D eigenvalue weighted by atomic mass is 9.86. The summed E-state index contributed by atoms with van der Waals surface area (Å²) in [6.45, 7) is 2.75. The molecule has 0 aliphatic heterocycles. The van der Waals surface area contributed by atoms with Crippen molar-refractivity contribution < 1.29 is 14.3 Å². The van der Waals surface area contributed by atoms with Crippen molar-refractivity contribution in [2.24, 2.45) is 11.0 Å². The average Bonchev–Trinajstić information content (AvgIpc) is 2.76. The molecule has 148 valence electrons. The number of rotatable bonds is 8.